The van der Waals surface area contributed by atoms with E-state index in [2.05, 4.69) is 23.7 Å². The van der Waals surface area contributed by atoms with Crippen LogP contribution >= 0.6 is 11.3 Å². The number of carbonyl (C=O) groups is 1. The maximum atomic E-state index is 11.0. The zero-order valence-corrected chi connectivity index (χ0v) is 10.7. The van der Waals surface area contributed by atoms with Gasteiger partial charge in [-0.3, -0.25) is 4.79 Å². The predicted octanol–water partition coefficient (Wildman–Crippen LogP) is 2.90. The summed E-state index contributed by atoms with van der Waals surface area (Å²) < 4.78 is 0. The van der Waals surface area contributed by atoms with Crippen LogP contribution in [0.15, 0.2) is 0 Å². The number of nitrogens with zero attached hydrogens (tertiary/aromatic N) is 2. The van der Waals surface area contributed by atoms with Crippen LogP contribution in [0.2, 0.25) is 0 Å². The Morgan fingerprint density at radius 1 is 1.62 bits per heavy atom. The maximum Gasteiger partial charge on any atom is 0.186 e. The average Bonchev–Trinajstić information content (AvgIpc) is 2.85. The van der Waals surface area contributed by atoms with E-state index < -0.39 is 0 Å². The number of thiazole rings is 1. The summed E-state index contributed by atoms with van der Waals surface area (Å²) >= 11 is 1.55. The molecule has 3 nitrogen and oxygen atoms in total. The van der Waals surface area contributed by atoms with Gasteiger partial charge in [-0.05, 0) is 26.2 Å². The number of hydrogen-bond donors (Lipinski definition) is 0. The number of aromatic nitrogens is 1. The largest absolute Gasteiger partial charge is 0.345 e. The van der Waals surface area contributed by atoms with Crippen molar-refractivity contribution in [1.82, 2.24) is 4.98 Å². The second-order valence-electron chi connectivity index (χ2n) is 4.36. The van der Waals surface area contributed by atoms with Gasteiger partial charge in [0.25, 0.3) is 0 Å². The summed E-state index contributed by atoms with van der Waals surface area (Å²) in [7, 11) is 0. The molecule has 0 amide bonds. The Kier molecular flexibility index (Phi) is 3.59. The molecule has 0 saturated carbocycles. The average molecular weight is 238 g/mol. The van der Waals surface area contributed by atoms with E-state index in [-0.39, 0.29) is 0 Å². The number of anilines is 1. The molecule has 1 aliphatic heterocycles. The molecule has 0 aromatic carbocycles. The molecule has 0 spiro atoms. The van der Waals surface area contributed by atoms with E-state index in [0.717, 1.165) is 41.4 Å². The van der Waals surface area contributed by atoms with Gasteiger partial charge in [0, 0.05) is 12.6 Å². The monoisotopic (exact) mass is 238 g/mol. The number of carbonyl (C=O) groups excluding carboxylic acids is 1. The fraction of sp³-hybridized carbons (Fsp3) is 0.667. The molecule has 1 aromatic heterocycles. The van der Waals surface area contributed by atoms with Crippen molar-refractivity contribution >= 4 is 22.8 Å². The summed E-state index contributed by atoms with van der Waals surface area (Å²) in [6.45, 7) is 5.43. The molecule has 2 rings (SSSR count). The van der Waals surface area contributed by atoms with Gasteiger partial charge in [0.15, 0.2) is 11.4 Å². The van der Waals surface area contributed by atoms with Crippen LogP contribution in [-0.2, 0) is 6.42 Å². The van der Waals surface area contributed by atoms with Gasteiger partial charge in [-0.25, -0.2) is 4.98 Å². The van der Waals surface area contributed by atoms with E-state index in [0.29, 0.717) is 6.04 Å². The van der Waals surface area contributed by atoms with Crippen LogP contribution in [0, 0.1) is 0 Å². The summed E-state index contributed by atoms with van der Waals surface area (Å²) in [6, 6.07) is 0.570. The van der Waals surface area contributed by atoms with Crippen molar-refractivity contribution in [2.24, 2.45) is 0 Å². The third-order valence-corrected chi connectivity index (χ3v) is 4.17. The zero-order valence-electron chi connectivity index (χ0n) is 9.90. The SMILES string of the molecule is CCCc1nc(N2CCCC2C)sc1C=O. The van der Waals surface area contributed by atoms with E-state index in [9.17, 15) is 4.79 Å². The predicted molar refractivity (Wildman–Crippen MR) is 67.5 cm³/mol. The molecule has 0 bridgehead atoms. The van der Waals surface area contributed by atoms with Crippen LogP contribution in [0.25, 0.3) is 0 Å². The van der Waals surface area contributed by atoms with Crippen LogP contribution in [-0.4, -0.2) is 23.9 Å². The lowest BCUT2D eigenvalue weighted by Crippen LogP contribution is -2.25. The fourth-order valence-electron chi connectivity index (χ4n) is 2.20. The van der Waals surface area contributed by atoms with Crippen molar-refractivity contribution in [2.75, 3.05) is 11.4 Å². The van der Waals surface area contributed by atoms with Crippen molar-refractivity contribution < 1.29 is 4.79 Å². The lowest BCUT2D eigenvalue weighted by Gasteiger charge is -2.19. The van der Waals surface area contributed by atoms with Crippen molar-refractivity contribution in [2.45, 2.75) is 45.6 Å². The third-order valence-electron chi connectivity index (χ3n) is 3.11. The first-order chi connectivity index (χ1) is 7.76. The Hall–Kier alpha value is -0.900. The van der Waals surface area contributed by atoms with Crippen LogP contribution in [0.4, 0.5) is 5.13 Å². The first kappa shape index (κ1) is 11.6. The second kappa shape index (κ2) is 4.95. The molecule has 1 atom stereocenters. The van der Waals surface area contributed by atoms with Gasteiger partial charge < -0.3 is 4.90 Å². The van der Waals surface area contributed by atoms with E-state index in [1.807, 2.05) is 0 Å². The van der Waals surface area contributed by atoms with Crippen LogP contribution in [0.5, 0.6) is 0 Å². The molecule has 1 unspecified atom stereocenters. The standard InChI is InChI=1S/C12H18N2OS/c1-3-5-10-11(8-15)16-12(13-10)14-7-4-6-9(14)2/h8-9H,3-7H2,1-2H3. The number of rotatable bonds is 4. The van der Waals surface area contributed by atoms with E-state index in [4.69, 9.17) is 0 Å². The molecule has 1 aromatic rings. The third kappa shape index (κ3) is 2.12. The van der Waals surface area contributed by atoms with Gasteiger partial charge >= 0.3 is 0 Å². The van der Waals surface area contributed by atoms with Crippen molar-refractivity contribution in [3.63, 3.8) is 0 Å². The molecule has 2 heterocycles. The minimum Gasteiger partial charge on any atom is -0.345 e. The molecule has 0 aliphatic carbocycles. The number of aldehydes is 1. The highest BCUT2D eigenvalue weighted by Gasteiger charge is 2.24. The lowest BCUT2D eigenvalue weighted by atomic mass is 10.2. The molecular weight excluding hydrogens is 220 g/mol. The Morgan fingerprint density at radius 2 is 2.44 bits per heavy atom. The summed E-state index contributed by atoms with van der Waals surface area (Å²) in [5.74, 6) is 0. The maximum absolute atomic E-state index is 11.0. The Balaban J connectivity index is 2.24. The number of aryl methyl sites for hydroxylation is 1. The minimum atomic E-state index is 0.570. The second-order valence-corrected chi connectivity index (χ2v) is 5.37. The molecular formula is C12H18N2OS. The highest BCUT2D eigenvalue weighted by atomic mass is 32.1. The van der Waals surface area contributed by atoms with Crippen molar-refractivity contribution in [3.05, 3.63) is 10.6 Å². The Bertz CT molecular complexity index is 375. The van der Waals surface area contributed by atoms with Gasteiger partial charge in [0.1, 0.15) is 0 Å². The van der Waals surface area contributed by atoms with Gasteiger partial charge in [0.05, 0.1) is 10.6 Å². The molecule has 88 valence electrons. The first-order valence-electron chi connectivity index (χ1n) is 5.97. The van der Waals surface area contributed by atoms with E-state index in [1.54, 1.807) is 11.3 Å². The van der Waals surface area contributed by atoms with Crippen LogP contribution in [0.3, 0.4) is 0 Å². The van der Waals surface area contributed by atoms with Gasteiger partial charge in [-0.15, -0.1) is 0 Å². The summed E-state index contributed by atoms with van der Waals surface area (Å²) in [6.07, 6.45) is 5.37. The van der Waals surface area contributed by atoms with Crippen LogP contribution < -0.4 is 4.90 Å². The van der Waals surface area contributed by atoms with Gasteiger partial charge in [-0.1, -0.05) is 24.7 Å². The number of hydrogen-bond acceptors (Lipinski definition) is 4. The van der Waals surface area contributed by atoms with E-state index >= 15 is 0 Å². The van der Waals surface area contributed by atoms with Crippen molar-refractivity contribution in [1.29, 1.82) is 0 Å². The molecule has 0 radical (unpaired) electrons. The molecule has 1 fully saturated rings. The highest BCUT2D eigenvalue weighted by molar-refractivity contribution is 7.17. The van der Waals surface area contributed by atoms with Crippen molar-refractivity contribution in [3.8, 4) is 0 Å². The summed E-state index contributed by atoms with van der Waals surface area (Å²) in [5, 5.41) is 1.04. The summed E-state index contributed by atoms with van der Waals surface area (Å²) in [4.78, 5) is 18.7. The Morgan fingerprint density at radius 3 is 3.00 bits per heavy atom. The minimum absolute atomic E-state index is 0.570. The molecule has 1 saturated heterocycles. The first-order valence-corrected chi connectivity index (χ1v) is 6.79. The van der Waals surface area contributed by atoms with Gasteiger partial charge in [-0.2, -0.15) is 0 Å². The normalized spacial score (nSPS) is 20.4. The van der Waals surface area contributed by atoms with Gasteiger partial charge in [0.2, 0.25) is 0 Å². The lowest BCUT2D eigenvalue weighted by molar-refractivity contribution is 0.112. The van der Waals surface area contributed by atoms with Crippen LogP contribution in [0.1, 0.15) is 48.5 Å². The highest BCUT2D eigenvalue weighted by Crippen LogP contribution is 2.31. The summed E-state index contributed by atoms with van der Waals surface area (Å²) in [5.41, 5.74) is 0.983. The quantitative estimate of drug-likeness (QED) is 0.756. The van der Waals surface area contributed by atoms with E-state index in [1.165, 1.54) is 12.8 Å². The molecule has 16 heavy (non-hydrogen) atoms. The smallest absolute Gasteiger partial charge is 0.186 e. The topological polar surface area (TPSA) is 33.2 Å². The fourth-order valence-corrected chi connectivity index (χ4v) is 3.25. The Labute approximate surface area is 100 Å². The molecule has 1 aliphatic rings. The molecule has 4 heteroatoms. The zero-order chi connectivity index (χ0) is 11.5. The molecule has 0 N–H and O–H groups in total.